The van der Waals surface area contributed by atoms with Crippen LogP contribution in [0.15, 0.2) is 6.20 Å². The number of aromatic nitrogens is 2. The van der Waals surface area contributed by atoms with Gasteiger partial charge in [0.15, 0.2) is 0 Å². The predicted molar refractivity (Wildman–Crippen MR) is 76.8 cm³/mol. The van der Waals surface area contributed by atoms with Crippen molar-refractivity contribution in [3.63, 3.8) is 0 Å². The molecule has 1 aromatic rings. The number of likely N-dealkylation sites (N-methyl/N-ethyl adjacent to an activating group) is 1. The molecule has 1 saturated heterocycles. The summed E-state index contributed by atoms with van der Waals surface area (Å²) in [5.74, 6) is 5.45. The topological polar surface area (TPSA) is 131 Å². The highest BCUT2D eigenvalue weighted by atomic mass is 16.6. The number of nitrogens with one attached hydrogen (secondary N) is 2. The van der Waals surface area contributed by atoms with E-state index in [1.54, 1.807) is 0 Å². The van der Waals surface area contributed by atoms with Crippen LogP contribution >= 0.6 is 0 Å². The van der Waals surface area contributed by atoms with Crippen LogP contribution in [0.3, 0.4) is 0 Å². The van der Waals surface area contributed by atoms with Gasteiger partial charge in [-0.25, -0.2) is 10.8 Å². The monoisotopic (exact) mass is 297 g/mol. The molecule has 4 N–H and O–H groups in total. The maximum Gasteiger partial charge on any atom is 0.329 e. The lowest BCUT2D eigenvalue weighted by Crippen LogP contribution is -2.45. The Morgan fingerprint density at radius 3 is 3.14 bits per heavy atom. The summed E-state index contributed by atoms with van der Waals surface area (Å²) in [4.78, 5) is 20.4. The minimum Gasteiger partial charge on any atom is -0.374 e. The summed E-state index contributed by atoms with van der Waals surface area (Å²) >= 11 is 0. The van der Waals surface area contributed by atoms with Crippen molar-refractivity contribution in [3.8, 4) is 0 Å². The van der Waals surface area contributed by atoms with E-state index in [1.165, 1.54) is 0 Å². The molecule has 1 atom stereocenters. The summed E-state index contributed by atoms with van der Waals surface area (Å²) in [5, 5.41) is 13.9. The largest absolute Gasteiger partial charge is 0.374 e. The third kappa shape index (κ3) is 3.97. The van der Waals surface area contributed by atoms with Crippen LogP contribution in [-0.2, 0) is 4.74 Å². The van der Waals surface area contributed by atoms with E-state index in [1.807, 2.05) is 0 Å². The van der Waals surface area contributed by atoms with Gasteiger partial charge in [-0.1, -0.05) is 6.92 Å². The second-order valence-corrected chi connectivity index (χ2v) is 4.60. The van der Waals surface area contributed by atoms with E-state index in [9.17, 15) is 10.1 Å². The van der Waals surface area contributed by atoms with Gasteiger partial charge in [0.05, 0.1) is 17.6 Å². The maximum atomic E-state index is 11.0. The fourth-order valence-corrected chi connectivity index (χ4v) is 2.11. The molecule has 10 heteroatoms. The predicted octanol–water partition coefficient (Wildman–Crippen LogP) is -0.197. The van der Waals surface area contributed by atoms with E-state index in [0.717, 1.165) is 25.8 Å². The number of hydrogen-bond acceptors (Lipinski definition) is 9. The van der Waals surface area contributed by atoms with Gasteiger partial charge < -0.3 is 10.1 Å². The molecule has 2 heterocycles. The molecule has 10 nitrogen and oxygen atoms in total. The minimum atomic E-state index is -0.539. The van der Waals surface area contributed by atoms with Gasteiger partial charge in [-0.15, -0.1) is 0 Å². The summed E-state index contributed by atoms with van der Waals surface area (Å²) in [7, 11) is 0. The van der Waals surface area contributed by atoms with Crippen LogP contribution in [-0.4, -0.2) is 58.7 Å². The number of nitro groups is 1. The first-order valence-electron chi connectivity index (χ1n) is 6.70. The number of hydrogen-bond donors (Lipinski definition) is 3. The minimum absolute atomic E-state index is 0.0393. The molecule has 1 aromatic heterocycles. The molecule has 0 aromatic carbocycles. The van der Waals surface area contributed by atoms with Gasteiger partial charge in [0, 0.05) is 19.6 Å². The van der Waals surface area contributed by atoms with Crippen LogP contribution in [0.25, 0.3) is 0 Å². The average Bonchev–Trinajstić information content (AvgIpc) is 2.52. The summed E-state index contributed by atoms with van der Waals surface area (Å²) in [6.45, 7) is 5.81. The molecule has 1 unspecified atom stereocenters. The first-order valence-corrected chi connectivity index (χ1v) is 6.70. The number of nitrogens with zero attached hydrogens (tertiary/aromatic N) is 4. The van der Waals surface area contributed by atoms with Gasteiger partial charge in [-0.05, 0) is 6.54 Å². The van der Waals surface area contributed by atoms with E-state index in [2.05, 4.69) is 32.5 Å². The number of nitrogens with two attached hydrogens (primary N) is 1. The molecule has 0 amide bonds. The van der Waals surface area contributed by atoms with E-state index >= 15 is 0 Å². The Kier molecular flexibility index (Phi) is 5.20. The Morgan fingerprint density at radius 1 is 1.67 bits per heavy atom. The van der Waals surface area contributed by atoms with Crippen molar-refractivity contribution in [3.05, 3.63) is 16.3 Å². The van der Waals surface area contributed by atoms with Gasteiger partial charge in [-0.3, -0.25) is 20.4 Å². The quantitative estimate of drug-likeness (QED) is 0.371. The molecule has 0 bridgehead atoms. The number of hydrazine groups is 1. The second kappa shape index (κ2) is 7.11. The van der Waals surface area contributed by atoms with E-state index in [-0.39, 0.29) is 23.6 Å². The van der Waals surface area contributed by atoms with Crippen LogP contribution in [0.5, 0.6) is 0 Å². The number of morpholine rings is 1. The normalized spacial score (nSPS) is 19.2. The van der Waals surface area contributed by atoms with E-state index in [4.69, 9.17) is 10.6 Å². The lowest BCUT2D eigenvalue weighted by molar-refractivity contribution is -0.384. The molecule has 1 aliphatic rings. The van der Waals surface area contributed by atoms with Crippen LogP contribution in [0.2, 0.25) is 0 Å². The van der Waals surface area contributed by atoms with Gasteiger partial charge in [0.25, 0.3) is 0 Å². The SMILES string of the molecule is CCN1CCOC(CNc2nc(NN)ncc2[N+](=O)[O-])C1. The van der Waals surface area contributed by atoms with Crippen LogP contribution in [0, 0.1) is 10.1 Å². The maximum absolute atomic E-state index is 11.0. The van der Waals surface area contributed by atoms with Gasteiger partial charge in [0.2, 0.25) is 11.8 Å². The lowest BCUT2D eigenvalue weighted by Gasteiger charge is -2.32. The lowest BCUT2D eigenvalue weighted by atomic mass is 10.2. The Morgan fingerprint density at radius 2 is 2.48 bits per heavy atom. The molecule has 1 fully saturated rings. The van der Waals surface area contributed by atoms with Crippen molar-refractivity contribution in [2.45, 2.75) is 13.0 Å². The third-order valence-corrected chi connectivity index (χ3v) is 3.26. The van der Waals surface area contributed by atoms with Gasteiger partial charge in [0.1, 0.15) is 6.20 Å². The Bertz CT molecular complexity index is 499. The fraction of sp³-hybridized carbons (Fsp3) is 0.636. The molecular formula is C11H19N7O3. The second-order valence-electron chi connectivity index (χ2n) is 4.60. The molecule has 21 heavy (non-hydrogen) atoms. The van der Waals surface area contributed by atoms with Crippen LogP contribution in [0.1, 0.15) is 6.92 Å². The zero-order valence-electron chi connectivity index (χ0n) is 11.8. The third-order valence-electron chi connectivity index (χ3n) is 3.26. The summed E-state index contributed by atoms with van der Waals surface area (Å²) < 4.78 is 5.63. The zero-order valence-corrected chi connectivity index (χ0v) is 11.8. The summed E-state index contributed by atoms with van der Waals surface area (Å²) in [6.07, 6.45) is 1.08. The number of ether oxygens (including phenoxy) is 1. The zero-order chi connectivity index (χ0) is 15.2. The first kappa shape index (κ1) is 15.4. The smallest absolute Gasteiger partial charge is 0.329 e. The Balaban J connectivity index is 2.02. The molecule has 0 radical (unpaired) electrons. The van der Waals surface area contributed by atoms with Crippen molar-refractivity contribution in [1.82, 2.24) is 14.9 Å². The van der Waals surface area contributed by atoms with E-state index < -0.39 is 4.92 Å². The van der Waals surface area contributed by atoms with Crippen molar-refractivity contribution >= 4 is 17.5 Å². The highest BCUT2D eigenvalue weighted by Gasteiger charge is 2.22. The van der Waals surface area contributed by atoms with Crippen molar-refractivity contribution in [2.75, 3.05) is 43.5 Å². The fourth-order valence-electron chi connectivity index (χ4n) is 2.11. The Labute approximate surface area is 121 Å². The van der Waals surface area contributed by atoms with Gasteiger partial charge in [-0.2, -0.15) is 4.98 Å². The van der Waals surface area contributed by atoms with Crippen LogP contribution in [0.4, 0.5) is 17.5 Å². The van der Waals surface area contributed by atoms with Crippen molar-refractivity contribution < 1.29 is 9.66 Å². The summed E-state index contributed by atoms with van der Waals surface area (Å²) in [6, 6.07) is 0. The Hall–Kier alpha value is -2.04. The first-order chi connectivity index (χ1) is 10.1. The molecule has 116 valence electrons. The van der Waals surface area contributed by atoms with E-state index in [0.29, 0.717) is 13.2 Å². The van der Waals surface area contributed by atoms with Crippen molar-refractivity contribution in [2.24, 2.45) is 5.84 Å². The number of rotatable bonds is 6. The highest BCUT2D eigenvalue weighted by molar-refractivity contribution is 5.56. The van der Waals surface area contributed by atoms with Crippen LogP contribution < -0.4 is 16.6 Å². The standard InChI is InChI=1S/C11H19N7O3/c1-2-17-3-4-21-8(7-17)5-13-10-9(18(19)20)6-14-11(15-10)16-12/h6,8H,2-5,7,12H2,1H3,(H2,13,14,15,16). The molecule has 0 aliphatic carbocycles. The molecule has 0 saturated carbocycles. The summed E-state index contributed by atoms with van der Waals surface area (Å²) in [5.41, 5.74) is 2.07. The average molecular weight is 297 g/mol. The molecule has 2 rings (SSSR count). The highest BCUT2D eigenvalue weighted by Crippen LogP contribution is 2.21. The molecule has 1 aliphatic heterocycles. The van der Waals surface area contributed by atoms with Gasteiger partial charge >= 0.3 is 5.69 Å². The van der Waals surface area contributed by atoms with Crippen molar-refractivity contribution in [1.29, 1.82) is 0 Å². The number of anilines is 2. The molecule has 0 spiro atoms. The number of nitrogen functional groups attached to an aromatic ring is 1. The molecular weight excluding hydrogens is 278 g/mol.